The van der Waals surface area contributed by atoms with E-state index in [4.69, 9.17) is 4.74 Å². The van der Waals surface area contributed by atoms with Crippen LogP contribution < -0.4 is 4.74 Å². The van der Waals surface area contributed by atoms with Gasteiger partial charge in [0.25, 0.3) is 0 Å². The lowest BCUT2D eigenvalue weighted by Gasteiger charge is -2.19. The first-order chi connectivity index (χ1) is 15.2. The standard InChI is InChI=1S/C27H28N2O2/c1-4-28(5-2)19-25(30)29-24-17-16-22(31-3)18-23(24)26(20-12-8-6-9-13-20)27(29)21-14-10-7-11-15-21/h6-18H,4-5,19H2,1-3H3. The fourth-order valence-electron chi connectivity index (χ4n) is 4.13. The molecule has 0 saturated carbocycles. The largest absolute Gasteiger partial charge is 0.497 e. The Bertz CT molecular complexity index is 1180. The molecule has 0 aliphatic heterocycles. The molecule has 0 aliphatic rings. The summed E-state index contributed by atoms with van der Waals surface area (Å²) in [5.74, 6) is 0.845. The van der Waals surface area contributed by atoms with E-state index in [1.165, 1.54) is 0 Å². The van der Waals surface area contributed by atoms with Gasteiger partial charge in [0.2, 0.25) is 5.91 Å². The molecule has 1 heterocycles. The summed E-state index contributed by atoms with van der Waals surface area (Å²) < 4.78 is 7.42. The van der Waals surface area contributed by atoms with Crippen LogP contribution in [0.2, 0.25) is 0 Å². The number of likely N-dealkylation sites (N-methyl/N-ethyl adjacent to an activating group) is 1. The number of aromatic nitrogens is 1. The third-order valence-corrected chi connectivity index (χ3v) is 5.79. The Morgan fingerprint density at radius 2 is 1.48 bits per heavy atom. The lowest BCUT2D eigenvalue weighted by Crippen LogP contribution is -2.32. The molecule has 0 saturated heterocycles. The van der Waals surface area contributed by atoms with Crippen LogP contribution in [0.1, 0.15) is 18.6 Å². The van der Waals surface area contributed by atoms with Crippen molar-refractivity contribution in [2.75, 3.05) is 26.7 Å². The van der Waals surface area contributed by atoms with Crippen LogP contribution in [-0.4, -0.2) is 42.1 Å². The quantitative estimate of drug-likeness (QED) is 0.375. The summed E-state index contributed by atoms with van der Waals surface area (Å²) in [7, 11) is 1.67. The van der Waals surface area contributed by atoms with Gasteiger partial charge in [-0.2, -0.15) is 0 Å². The zero-order chi connectivity index (χ0) is 21.8. The normalized spacial score (nSPS) is 11.2. The molecule has 0 unspecified atom stereocenters. The number of fused-ring (bicyclic) bond motifs is 1. The number of benzene rings is 3. The first-order valence-corrected chi connectivity index (χ1v) is 10.8. The van der Waals surface area contributed by atoms with E-state index in [1.807, 2.05) is 59.2 Å². The SMILES string of the molecule is CCN(CC)CC(=O)n1c(-c2ccccc2)c(-c2ccccc2)c2cc(OC)ccc21. The summed E-state index contributed by atoms with van der Waals surface area (Å²) in [6.45, 7) is 6.21. The summed E-state index contributed by atoms with van der Waals surface area (Å²) in [6.07, 6.45) is 0. The number of ether oxygens (including phenoxy) is 1. The molecule has 0 aliphatic carbocycles. The maximum Gasteiger partial charge on any atom is 0.245 e. The molecule has 0 radical (unpaired) electrons. The van der Waals surface area contributed by atoms with Crippen LogP contribution in [0.3, 0.4) is 0 Å². The van der Waals surface area contributed by atoms with E-state index >= 15 is 0 Å². The zero-order valence-corrected chi connectivity index (χ0v) is 18.3. The summed E-state index contributed by atoms with van der Waals surface area (Å²) >= 11 is 0. The monoisotopic (exact) mass is 412 g/mol. The molecule has 0 amide bonds. The third-order valence-electron chi connectivity index (χ3n) is 5.79. The van der Waals surface area contributed by atoms with Gasteiger partial charge in [-0.3, -0.25) is 14.3 Å². The lowest BCUT2D eigenvalue weighted by molar-refractivity contribution is 0.0862. The van der Waals surface area contributed by atoms with Gasteiger partial charge < -0.3 is 4.74 Å². The fourth-order valence-corrected chi connectivity index (χ4v) is 4.13. The van der Waals surface area contributed by atoms with Gasteiger partial charge in [0.1, 0.15) is 5.75 Å². The van der Waals surface area contributed by atoms with Crippen molar-refractivity contribution < 1.29 is 9.53 Å². The molecule has 4 heteroatoms. The van der Waals surface area contributed by atoms with Crippen molar-refractivity contribution in [1.82, 2.24) is 9.47 Å². The molecule has 4 aromatic rings. The van der Waals surface area contributed by atoms with E-state index in [-0.39, 0.29) is 5.91 Å². The van der Waals surface area contributed by atoms with E-state index < -0.39 is 0 Å². The van der Waals surface area contributed by atoms with Crippen molar-refractivity contribution in [2.24, 2.45) is 0 Å². The minimum atomic E-state index is 0.0694. The molecule has 1 aromatic heterocycles. The molecule has 0 N–H and O–H groups in total. The van der Waals surface area contributed by atoms with Crippen molar-refractivity contribution >= 4 is 16.8 Å². The van der Waals surface area contributed by atoms with Crippen LogP contribution in [-0.2, 0) is 0 Å². The van der Waals surface area contributed by atoms with E-state index in [0.717, 1.165) is 52.1 Å². The van der Waals surface area contributed by atoms with E-state index in [0.29, 0.717) is 6.54 Å². The molecule has 0 atom stereocenters. The molecule has 0 bridgehead atoms. The summed E-state index contributed by atoms with van der Waals surface area (Å²) in [5, 5.41) is 1.01. The van der Waals surface area contributed by atoms with Gasteiger partial charge in [0, 0.05) is 10.9 Å². The number of rotatable bonds is 7. The highest BCUT2D eigenvalue weighted by Crippen LogP contribution is 2.42. The highest BCUT2D eigenvalue weighted by Gasteiger charge is 2.24. The minimum absolute atomic E-state index is 0.0694. The number of carbonyl (C=O) groups is 1. The molecule has 158 valence electrons. The number of hydrogen-bond donors (Lipinski definition) is 0. The highest BCUT2D eigenvalue weighted by molar-refractivity contribution is 6.10. The minimum Gasteiger partial charge on any atom is -0.497 e. The zero-order valence-electron chi connectivity index (χ0n) is 18.3. The van der Waals surface area contributed by atoms with Gasteiger partial charge in [-0.05, 0) is 42.4 Å². The Morgan fingerprint density at radius 3 is 2.06 bits per heavy atom. The van der Waals surface area contributed by atoms with Gasteiger partial charge in [-0.25, -0.2) is 0 Å². The Kier molecular flexibility index (Phi) is 6.19. The van der Waals surface area contributed by atoms with Crippen molar-refractivity contribution in [1.29, 1.82) is 0 Å². The van der Waals surface area contributed by atoms with E-state index in [2.05, 4.69) is 43.0 Å². The topological polar surface area (TPSA) is 34.5 Å². The van der Waals surface area contributed by atoms with Crippen LogP contribution >= 0.6 is 0 Å². The smallest absolute Gasteiger partial charge is 0.245 e. The van der Waals surface area contributed by atoms with E-state index in [9.17, 15) is 4.79 Å². The Balaban J connectivity index is 2.07. The fraction of sp³-hybridized carbons (Fsp3) is 0.222. The third kappa shape index (κ3) is 3.99. The Hall–Kier alpha value is -3.37. The molecule has 0 fully saturated rings. The van der Waals surface area contributed by atoms with Crippen LogP contribution in [0.15, 0.2) is 78.9 Å². The van der Waals surface area contributed by atoms with Gasteiger partial charge in [-0.1, -0.05) is 74.5 Å². The Labute approximate surface area is 183 Å². The lowest BCUT2D eigenvalue weighted by atomic mass is 9.98. The highest BCUT2D eigenvalue weighted by atomic mass is 16.5. The maximum atomic E-state index is 13.7. The average Bonchev–Trinajstić information content (AvgIpc) is 3.17. The number of carbonyl (C=O) groups excluding carboxylic acids is 1. The van der Waals surface area contributed by atoms with Gasteiger partial charge >= 0.3 is 0 Å². The van der Waals surface area contributed by atoms with Crippen LogP contribution in [0, 0.1) is 0 Å². The van der Waals surface area contributed by atoms with Gasteiger partial charge in [0.15, 0.2) is 0 Å². The molecular weight excluding hydrogens is 384 g/mol. The van der Waals surface area contributed by atoms with Crippen molar-refractivity contribution in [3.63, 3.8) is 0 Å². The molecule has 3 aromatic carbocycles. The van der Waals surface area contributed by atoms with Crippen LogP contribution in [0.4, 0.5) is 0 Å². The second kappa shape index (κ2) is 9.19. The van der Waals surface area contributed by atoms with Crippen molar-refractivity contribution in [3.05, 3.63) is 78.9 Å². The maximum absolute atomic E-state index is 13.7. The Morgan fingerprint density at radius 1 is 0.871 bits per heavy atom. The first kappa shape index (κ1) is 20.9. The summed E-state index contributed by atoms with van der Waals surface area (Å²) in [5.41, 5.74) is 4.97. The predicted molar refractivity (Wildman–Crippen MR) is 128 cm³/mol. The molecule has 31 heavy (non-hydrogen) atoms. The first-order valence-electron chi connectivity index (χ1n) is 10.8. The summed E-state index contributed by atoms with van der Waals surface area (Å²) in [4.78, 5) is 15.8. The average molecular weight is 413 g/mol. The van der Waals surface area contributed by atoms with Crippen molar-refractivity contribution in [2.45, 2.75) is 13.8 Å². The number of hydrogen-bond acceptors (Lipinski definition) is 3. The van der Waals surface area contributed by atoms with E-state index in [1.54, 1.807) is 7.11 Å². The number of methoxy groups -OCH3 is 1. The number of nitrogens with zero attached hydrogens (tertiary/aromatic N) is 2. The van der Waals surface area contributed by atoms with Gasteiger partial charge in [-0.15, -0.1) is 0 Å². The van der Waals surface area contributed by atoms with Crippen LogP contribution in [0.25, 0.3) is 33.3 Å². The molecule has 4 nitrogen and oxygen atoms in total. The molecule has 0 spiro atoms. The second-order valence-electron chi connectivity index (χ2n) is 7.53. The summed E-state index contributed by atoms with van der Waals surface area (Å²) in [6, 6.07) is 26.4. The van der Waals surface area contributed by atoms with Gasteiger partial charge in [0.05, 0.1) is 24.9 Å². The second-order valence-corrected chi connectivity index (χ2v) is 7.53. The van der Waals surface area contributed by atoms with Crippen molar-refractivity contribution in [3.8, 4) is 28.1 Å². The molecule has 4 rings (SSSR count). The van der Waals surface area contributed by atoms with Crippen LogP contribution in [0.5, 0.6) is 5.75 Å². The predicted octanol–water partition coefficient (Wildman–Crippen LogP) is 5.97. The molecular formula is C27H28N2O2.